The Kier molecular flexibility index (Phi) is 3.57. The highest BCUT2D eigenvalue weighted by molar-refractivity contribution is 7.14. The number of halogens is 3. The Morgan fingerprint density at radius 1 is 1.26 bits per heavy atom. The molecule has 0 spiro atoms. The van der Waals surface area contributed by atoms with Gasteiger partial charge in [-0.15, -0.1) is 11.3 Å². The van der Waals surface area contributed by atoms with E-state index in [1.165, 1.54) is 18.4 Å². The van der Waals surface area contributed by atoms with Gasteiger partial charge < -0.3 is 0 Å². The predicted molar refractivity (Wildman–Crippen MR) is 65.9 cm³/mol. The van der Waals surface area contributed by atoms with Gasteiger partial charge in [-0.1, -0.05) is 0 Å². The fourth-order valence-corrected chi connectivity index (χ4v) is 2.22. The fourth-order valence-electron chi connectivity index (χ4n) is 1.45. The van der Waals surface area contributed by atoms with Crippen molar-refractivity contribution in [2.24, 2.45) is 0 Å². The van der Waals surface area contributed by atoms with E-state index in [-0.39, 0.29) is 0 Å². The van der Waals surface area contributed by atoms with E-state index < -0.39 is 28.9 Å². The van der Waals surface area contributed by atoms with Crippen molar-refractivity contribution in [3.8, 4) is 0 Å². The van der Waals surface area contributed by atoms with Crippen molar-refractivity contribution in [2.75, 3.05) is 11.9 Å². The molecule has 0 fully saturated rings. The minimum atomic E-state index is -1.66. The normalized spacial score (nSPS) is 10.6. The molecule has 0 aliphatic carbocycles. The van der Waals surface area contributed by atoms with Crippen molar-refractivity contribution in [3.63, 3.8) is 0 Å². The van der Waals surface area contributed by atoms with Crippen LogP contribution in [0.1, 0.15) is 16.1 Å². The molecule has 0 unspecified atom stereocenters. The van der Waals surface area contributed by atoms with Crippen molar-refractivity contribution in [1.82, 2.24) is 4.98 Å². The lowest BCUT2D eigenvalue weighted by Gasteiger charge is -2.14. The SMILES string of the molecule is Cc1csc(N(C)C(=O)c2ccc(F)c(F)c2F)n1. The molecule has 2 rings (SSSR count). The van der Waals surface area contributed by atoms with Gasteiger partial charge in [-0.05, 0) is 19.1 Å². The van der Waals surface area contributed by atoms with E-state index in [0.29, 0.717) is 16.9 Å². The Labute approximate surface area is 111 Å². The molecule has 0 saturated heterocycles. The van der Waals surface area contributed by atoms with Crippen molar-refractivity contribution < 1.29 is 18.0 Å². The highest BCUT2D eigenvalue weighted by atomic mass is 32.1. The van der Waals surface area contributed by atoms with Crippen LogP contribution in [0.2, 0.25) is 0 Å². The zero-order valence-electron chi connectivity index (χ0n) is 10.1. The number of nitrogens with zero attached hydrogens (tertiary/aromatic N) is 2. The lowest BCUT2D eigenvalue weighted by molar-refractivity contribution is 0.0988. The third kappa shape index (κ3) is 2.46. The summed E-state index contributed by atoms with van der Waals surface area (Å²) in [4.78, 5) is 17.2. The summed E-state index contributed by atoms with van der Waals surface area (Å²) in [6.07, 6.45) is 0. The Hall–Kier alpha value is -1.89. The van der Waals surface area contributed by atoms with E-state index in [2.05, 4.69) is 4.98 Å². The van der Waals surface area contributed by atoms with Gasteiger partial charge in [0.25, 0.3) is 5.91 Å². The Morgan fingerprint density at radius 3 is 2.53 bits per heavy atom. The molecule has 0 saturated carbocycles. The van der Waals surface area contributed by atoms with Gasteiger partial charge in [-0.2, -0.15) is 0 Å². The molecule has 1 amide bonds. The van der Waals surface area contributed by atoms with Crippen LogP contribution in [0.3, 0.4) is 0 Å². The molecule has 3 nitrogen and oxygen atoms in total. The van der Waals surface area contributed by atoms with Crippen LogP contribution in [0.4, 0.5) is 18.3 Å². The average molecular weight is 286 g/mol. The number of thiazole rings is 1. The van der Waals surface area contributed by atoms with Crippen LogP contribution in [0.15, 0.2) is 17.5 Å². The molecule has 1 heterocycles. The lowest BCUT2D eigenvalue weighted by Crippen LogP contribution is -2.27. The first-order valence-electron chi connectivity index (χ1n) is 5.25. The molecule has 1 aromatic heterocycles. The minimum Gasteiger partial charge on any atom is -0.287 e. The number of hydrogen-bond acceptors (Lipinski definition) is 3. The Bertz CT molecular complexity index is 642. The van der Waals surface area contributed by atoms with Gasteiger partial charge in [0, 0.05) is 12.4 Å². The lowest BCUT2D eigenvalue weighted by atomic mass is 10.2. The summed E-state index contributed by atoms with van der Waals surface area (Å²) >= 11 is 1.20. The molecular weight excluding hydrogens is 277 g/mol. The van der Waals surface area contributed by atoms with Gasteiger partial charge in [0.2, 0.25) is 0 Å². The summed E-state index contributed by atoms with van der Waals surface area (Å²) in [6, 6.07) is 1.62. The predicted octanol–water partition coefficient (Wildman–Crippen LogP) is 3.15. The van der Waals surface area contributed by atoms with Gasteiger partial charge in [0.05, 0.1) is 11.3 Å². The van der Waals surface area contributed by atoms with Crippen molar-refractivity contribution >= 4 is 22.4 Å². The van der Waals surface area contributed by atoms with Crippen molar-refractivity contribution in [3.05, 3.63) is 46.2 Å². The van der Waals surface area contributed by atoms with E-state index in [4.69, 9.17) is 0 Å². The van der Waals surface area contributed by atoms with Gasteiger partial charge in [0.15, 0.2) is 22.6 Å². The molecule has 0 aliphatic rings. The van der Waals surface area contributed by atoms with Crippen LogP contribution in [0, 0.1) is 24.4 Å². The molecule has 7 heteroatoms. The number of rotatable bonds is 2. The highest BCUT2D eigenvalue weighted by Gasteiger charge is 2.23. The maximum atomic E-state index is 13.5. The Morgan fingerprint density at radius 2 is 1.95 bits per heavy atom. The number of anilines is 1. The third-order valence-corrected chi connectivity index (χ3v) is 3.50. The summed E-state index contributed by atoms with van der Waals surface area (Å²) in [5, 5.41) is 2.08. The first-order valence-corrected chi connectivity index (χ1v) is 6.13. The van der Waals surface area contributed by atoms with Crippen LogP contribution < -0.4 is 4.90 Å². The second-order valence-electron chi connectivity index (χ2n) is 3.86. The summed E-state index contributed by atoms with van der Waals surface area (Å²) in [5.41, 5.74) is 0.180. The number of hydrogen-bond donors (Lipinski definition) is 0. The number of carbonyl (C=O) groups excluding carboxylic acids is 1. The molecule has 1 aromatic carbocycles. The molecule has 2 aromatic rings. The van der Waals surface area contributed by atoms with Crippen LogP contribution in [0.25, 0.3) is 0 Å². The third-order valence-electron chi connectivity index (χ3n) is 2.46. The number of amides is 1. The standard InChI is InChI=1S/C12H9F3N2OS/c1-6-5-19-12(16-6)17(2)11(18)7-3-4-8(13)10(15)9(7)14/h3-5H,1-2H3. The van der Waals surface area contributed by atoms with Crippen molar-refractivity contribution in [1.29, 1.82) is 0 Å². The van der Waals surface area contributed by atoms with Gasteiger partial charge in [-0.3, -0.25) is 9.69 Å². The summed E-state index contributed by atoms with van der Waals surface area (Å²) in [7, 11) is 1.39. The monoisotopic (exact) mass is 286 g/mol. The number of aromatic nitrogens is 1. The summed E-state index contributed by atoms with van der Waals surface area (Å²) < 4.78 is 39.4. The second-order valence-corrected chi connectivity index (χ2v) is 4.70. The average Bonchev–Trinajstić information content (AvgIpc) is 2.81. The van der Waals surface area contributed by atoms with Crippen LogP contribution in [0.5, 0.6) is 0 Å². The number of benzene rings is 1. The Balaban J connectivity index is 2.37. The van der Waals surface area contributed by atoms with E-state index in [9.17, 15) is 18.0 Å². The molecule has 0 N–H and O–H groups in total. The van der Waals surface area contributed by atoms with Gasteiger partial charge in [-0.25, -0.2) is 18.2 Å². The van der Waals surface area contributed by atoms with Crippen LogP contribution in [-0.4, -0.2) is 17.9 Å². The van der Waals surface area contributed by atoms with E-state index in [1.807, 2.05) is 0 Å². The maximum Gasteiger partial charge on any atom is 0.262 e. The van der Waals surface area contributed by atoms with Gasteiger partial charge >= 0.3 is 0 Å². The molecule has 0 bridgehead atoms. The summed E-state index contributed by atoms with van der Waals surface area (Å²) in [6.45, 7) is 1.75. The zero-order chi connectivity index (χ0) is 14.2. The summed E-state index contributed by atoms with van der Waals surface area (Å²) in [5.74, 6) is -5.27. The largest absolute Gasteiger partial charge is 0.287 e. The number of aryl methyl sites for hydroxylation is 1. The topological polar surface area (TPSA) is 33.2 Å². The molecule has 0 atom stereocenters. The van der Waals surface area contributed by atoms with Crippen LogP contribution in [-0.2, 0) is 0 Å². The molecule has 0 aliphatic heterocycles. The van der Waals surface area contributed by atoms with Gasteiger partial charge in [0.1, 0.15) is 0 Å². The fraction of sp³-hybridized carbons (Fsp3) is 0.167. The van der Waals surface area contributed by atoms with Crippen molar-refractivity contribution in [2.45, 2.75) is 6.92 Å². The van der Waals surface area contributed by atoms with Crippen LogP contribution >= 0.6 is 11.3 Å². The quantitative estimate of drug-likeness (QED) is 0.795. The second kappa shape index (κ2) is 5.00. The molecule has 0 radical (unpaired) electrons. The first-order chi connectivity index (χ1) is 8.91. The minimum absolute atomic E-state index is 0.353. The highest BCUT2D eigenvalue weighted by Crippen LogP contribution is 2.22. The molecular formula is C12H9F3N2OS. The zero-order valence-corrected chi connectivity index (χ0v) is 10.9. The first kappa shape index (κ1) is 13.5. The molecule has 100 valence electrons. The number of carbonyl (C=O) groups is 1. The molecule has 19 heavy (non-hydrogen) atoms. The smallest absolute Gasteiger partial charge is 0.262 e. The van der Waals surface area contributed by atoms with E-state index >= 15 is 0 Å². The van der Waals surface area contributed by atoms with E-state index in [0.717, 1.165) is 11.0 Å². The maximum absolute atomic E-state index is 13.5. The van der Waals surface area contributed by atoms with E-state index in [1.54, 1.807) is 12.3 Å².